The van der Waals surface area contributed by atoms with Gasteiger partial charge in [-0.2, -0.15) is 4.31 Å². The summed E-state index contributed by atoms with van der Waals surface area (Å²) in [6.07, 6.45) is 1.06. The number of hydrogen-bond acceptors (Lipinski definition) is 4. The minimum atomic E-state index is -3.55. The third-order valence-electron chi connectivity index (χ3n) is 6.33. The van der Waals surface area contributed by atoms with Crippen molar-refractivity contribution in [2.45, 2.75) is 44.2 Å². The van der Waals surface area contributed by atoms with Gasteiger partial charge in [0.2, 0.25) is 10.0 Å². The number of hydrogen-bond donors (Lipinski definition) is 0. The summed E-state index contributed by atoms with van der Waals surface area (Å²) in [5.41, 5.74) is 3.05. The molecule has 32 heavy (non-hydrogen) atoms. The molecule has 2 fully saturated rings. The van der Waals surface area contributed by atoms with Gasteiger partial charge in [-0.1, -0.05) is 42.0 Å². The van der Waals surface area contributed by atoms with E-state index in [1.807, 2.05) is 44.2 Å². The Morgan fingerprint density at radius 3 is 2.19 bits per heavy atom. The normalized spacial score (nSPS) is 18.9. The molecule has 2 heterocycles. The number of carbonyl (C=O) groups is 2. The fourth-order valence-electron chi connectivity index (χ4n) is 4.42. The van der Waals surface area contributed by atoms with Gasteiger partial charge in [-0.25, -0.2) is 8.42 Å². The van der Waals surface area contributed by atoms with Crippen molar-refractivity contribution in [1.29, 1.82) is 0 Å². The molecule has 2 aromatic rings. The number of amides is 2. The van der Waals surface area contributed by atoms with Crippen molar-refractivity contribution in [3.8, 4) is 0 Å². The van der Waals surface area contributed by atoms with Gasteiger partial charge < -0.3 is 9.80 Å². The van der Waals surface area contributed by atoms with Gasteiger partial charge in [0.15, 0.2) is 0 Å². The Kier molecular flexibility index (Phi) is 6.35. The minimum absolute atomic E-state index is 0.114. The number of nitrogens with zero attached hydrogens (tertiary/aromatic N) is 3. The van der Waals surface area contributed by atoms with Crippen molar-refractivity contribution in [1.82, 2.24) is 14.1 Å². The Morgan fingerprint density at radius 1 is 0.844 bits per heavy atom. The first kappa shape index (κ1) is 22.5. The Balaban J connectivity index is 1.36. The van der Waals surface area contributed by atoms with E-state index in [0.29, 0.717) is 50.5 Å². The van der Waals surface area contributed by atoms with E-state index in [1.54, 1.807) is 28.0 Å². The van der Waals surface area contributed by atoms with E-state index >= 15 is 0 Å². The third kappa shape index (κ3) is 4.56. The second-order valence-electron chi connectivity index (χ2n) is 8.66. The molecule has 0 aliphatic carbocycles. The maximum absolute atomic E-state index is 13.0. The summed E-state index contributed by atoms with van der Waals surface area (Å²) < 4.78 is 27.4. The zero-order chi connectivity index (χ0) is 22.9. The molecule has 0 bridgehead atoms. The summed E-state index contributed by atoms with van der Waals surface area (Å²) in [5.74, 6) is -0.963. The second kappa shape index (κ2) is 9.03. The van der Waals surface area contributed by atoms with E-state index in [4.69, 9.17) is 0 Å². The standard InChI is InChI=1S/C24H29N3O4S/c1-18-6-8-20(9-7-18)17-25-14-15-27(24(29)23(25)28)21-10-12-26(13-11-21)32(30,31)22-5-3-4-19(2)16-22/h3-9,16,21H,10-15,17H2,1-2H3. The number of piperazine rings is 1. The molecule has 0 atom stereocenters. The number of sulfonamides is 1. The maximum atomic E-state index is 13.0. The van der Waals surface area contributed by atoms with Crippen molar-refractivity contribution in [2.75, 3.05) is 26.2 Å². The maximum Gasteiger partial charge on any atom is 0.312 e. The molecular weight excluding hydrogens is 426 g/mol. The molecule has 0 unspecified atom stereocenters. The molecular formula is C24H29N3O4S. The lowest BCUT2D eigenvalue weighted by Crippen LogP contribution is -2.58. The van der Waals surface area contributed by atoms with E-state index in [2.05, 4.69) is 0 Å². The summed E-state index contributed by atoms with van der Waals surface area (Å²) in [4.78, 5) is 29.1. The molecule has 2 aliphatic rings. The lowest BCUT2D eigenvalue weighted by Gasteiger charge is -2.41. The molecule has 2 aliphatic heterocycles. The van der Waals surface area contributed by atoms with Crippen LogP contribution in [0.3, 0.4) is 0 Å². The summed E-state index contributed by atoms with van der Waals surface area (Å²) in [6.45, 7) is 5.94. The van der Waals surface area contributed by atoms with Gasteiger partial charge in [0.1, 0.15) is 0 Å². The van der Waals surface area contributed by atoms with Gasteiger partial charge in [-0.3, -0.25) is 9.59 Å². The van der Waals surface area contributed by atoms with Crippen LogP contribution in [-0.4, -0.2) is 66.6 Å². The Hall–Kier alpha value is -2.71. The molecule has 7 nitrogen and oxygen atoms in total. The predicted molar refractivity (Wildman–Crippen MR) is 121 cm³/mol. The topological polar surface area (TPSA) is 78.0 Å². The highest BCUT2D eigenvalue weighted by atomic mass is 32.2. The number of rotatable bonds is 5. The predicted octanol–water partition coefficient (Wildman–Crippen LogP) is 2.33. The largest absolute Gasteiger partial charge is 0.330 e. The molecule has 0 radical (unpaired) electrons. The van der Waals surface area contributed by atoms with E-state index in [-0.39, 0.29) is 6.04 Å². The molecule has 0 N–H and O–H groups in total. The van der Waals surface area contributed by atoms with Crippen LogP contribution in [-0.2, 0) is 26.2 Å². The van der Waals surface area contributed by atoms with Crippen LogP contribution >= 0.6 is 0 Å². The van der Waals surface area contributed by atoms with Crippen LogP contribution in [0.1, 0.15) is 29.5 Å². The lowest BCUT2D eigenvalue weighted by molar-refractivity contribution is -0.158. The molecule has 0 spiro atoms. The van der Waals surface area contributed by atoms with E-state index in [0.717, 1.165) is 16.7 Å². The molecule has 4 rings (SSSR count). The van der Waals surface area contributed by atoms with Crippen molar-refractivity contribution in [3.63, 3.8) is 0 Å². The van der Waals surface area contributed by atoms with Crippen LogP contribution in [0, 0.1) is 13.8 Å². The average Bonchev–Trinajstić information content (AvgIpc) is 2.79. The van der Waals surface area contributed by atoms with Crippen LogP contribution < -0.4 is 0 Å². The van der Waals surface area contributed by atoms with Crippen molar-refractivity contribution >= 4 is 21.8 Å². The lowest BCUT2D eigenvalue weighted by atomic mass is 10.0. The van der Waals surface area contributed by atoms with Gasteiger partial charge in [-0.15, -0.1) is 0 Å². The smallest absolute Gasteiger partial charge is 0.312 e. The van der Waals surface area contributed by atoms with Crippen LogP contribution in [0.5, 0.6) is 0 Å². The summed E-state index contributed by atoms with van der Waals surface area (Å²) in [7, 11) is -3.55. The van der Waals surface area contributed by atoms with Crippen molar-refractivity contribution < 1.29 is 18.0 Å². The highest BCUT2D eigenvalue weighted by Gasteiger charge is 2.39. The van der Waals surface area contributed by atoms with Crippen LogP contribution in [0.25, 0.3) is 0 Å². The monoisotopic (exact) mass is 455 g/mol. The summed E-state index contributed by atoms with van der Waals surface area (Å²) >= 11 is 0. The fraction of sp³-hybridized carbons (Fsp3) is 0.417. The quantitative estimate of drug-likeness (QED) is 0.649. The van der Waals surface area contributed by atoms with Gasteiger partial charge in [-0.05, 0) is 49.9 Å². The molecule has 2 aromatic carbocycles. The van der Waals surface area contributed by atoms with Gasteiger partial charge >= 0.3 is 11.8 Å². The molecule has 0 saturated carbocycles. The second-order valence-corrected chi connectivity index (χ2v) is 10.6. The average molecular weight is 456 g/mol. The van der Waals surface area contributed by atoms with Gasteiger partial charge in [0.05, 0.1) is 4.90 Å². The van der Waals surface area contributed by atoms with E-state index < -0.39 is 21.8 Å². The molecule has 0 aromatic heterocycles. The first-order chi connectivity index (χ1) is 15.3. The highest BCUT2D eigenvalue weighted by molar-refractivity contribution is 7.89. The Labute approximate surface area is 189 Å². The number of carbonyl (C=O) groups excluding carboxylic acids is 2. The van der Waals surface area contributed by atoms with Gasteiger partial charge in [0.25, 0.3) is 0 Å². The van der Waals surface area contributed by atoms with E-state index in [9.17, 15) is 18.0 Å². The Morgan fingerprint density at radius 2 is 1.53 bits per heavy atom. The third-order valence-corrected chi connectivity index (χ3v) is 8.22. The van der Waals surface area contributed by atoms with Crippen LogP contribution in [0.2, 0.25) is 0 Å². The number of aryl methyl sites for hydroxylation is 2. The van der Waals surface area contributed by atoms with Crippen LogP contribution in [0.15, 0.2) is 53.4 Å². The number of benzene rings is 2. The highest BCUT2D eigenvalue weighted by Crippen LogP contribution is 2.25. The fourth-order valence-corrected chi connectivity index (χ4v) is 6.00. The first-order valence-electron chi connectivity index (χ1n) is 11.0. The zero-order valence-electron chi connectivity index (χ0n) is 18.5. The van der Waals surface area contributed by atoms with E-state index in [1.165, 1.54) is 4.31 Å². The van der Waals surface area contributed by atoms with Crippen molar-refractivity contribution in [2.24, 2.45) is 0 Å². The zero-order valence-corrected chi connectivity index (χ0v) is 19.3. The summed E-state index contributed by atoms with van der Waals surface area (Å²) in [6, 6.07) is 14.7. The molecule has 170 valence electrons. The SMILES string of the molecule is Cc1ccc(CN2CCN(C3CCN(S(=O)(=O)c4cccc(C)c4)CC3)C(=O)C2=O)cc1. The van der Waals surface area contributed by atoms with Crippen LogP contribution in [0.4, 0.5) is 0 Å². The van der Waals surface area contributed by atoms with Gasteiger partial charge in [0, 0.05) is 38.8 Å². The molecule has 8 heteroatoms. The summed E-state index contributed by atoms with van der Waals surface area (Å²) in [5, 5.41) is 0. The molecule has 2 amide bonds. The first-order valence-corrected chi connectivity index (χ1v) is 12.4. The molecule has 2 saturated heterocycles. The minimum Gasteiger partial charge on any atom is -0.330 e. The number of piperidine rings is 1. The van der Waals surface area contributed by atoms with Crippen molar-refractivity contribution in [3.05, 3.63) is 65.2 Å². The Bertz CT molecular complexity index is 1110.